The van der Waals surface area contributed by atoms with Gasteiger partial charge in [-0.15, -0.1) is 0 Å². The van der Waals surface area contributed by atoms with E-state index in [1.165, 1.54) is 20.0 Å². The molecule has 11 rings (SSSR count). The van der Waals surface area contributed by atoms with Crippen LogP contribution < -0.4 is 27.6 Å². The van der Waals surface area contributed by atoms with Crippen LogP contribution in [0.2, 0.25) is 20.1 Å². The Morgan fingerprint density at radius 1 is 0.562 bits per heavy atom. The minimum Gasteiger partial charge on any atom is -1.00 e. The molecule has 8 aromatic rings. The van der Waals surface area contributed by atoms with Crippen molar-refractivity contribution in [2.45, 2.75) is 59.0 Å². The molecule has 24 heteroatoms. The van der Waals surface area contributed by atoms with Crippen molar-refractivity contribution in [1.29, 1.82) is 0 Å². The molecule has 0 unspecified atom stereocenters. The van der Waals surface area contributed by atoms with E-state index in [4.69, 9.17) is 70.4 Å². The van der Waals surface area contributed by atoms with Gasteiger partial charge < -0.3 is 68.1 Å². The topological polar surface area (TPSA) is 181 Å². The predicted octanol–water partition coefficient (Wildman–Crippen LogP) is 11.9. The van der Waals surface area contributed by atoms with Gasteiger partial charge in [0.1, 0.15) is 17.0 Å². The SMILES string of the molecule is C1CCOC1.COC(=O)c1cc(-c2ccc(-c3cccc(NC(=O)OCCCN4CCN(C)CC4)c3)cc2C)n(-c2c(Cl)cccc2Cl)n1.Cc1cc(-c2cccc(NC(=O)OCCCN3CCN(C)CC3)c2)ccc1-c1cc(C(C)(C)O)nn1-c1c(Cl)cccc1Cl.[Br-].[CH3-].[Mg+2]. The van der Waals surface area contributed by atoms with Crippen molar-refractivity contribution in [2.24, 2.45) is 0 Å². The number of nitrogens with one attached hydrogen (secondary N) is 2. The summed E-state index contributed by atoms with van der Waals surface area (Å²) in [5, 5.41) is 27.3. The molecule has 3 aliphatic rings. The zero-order chi connectivity index (χ0) is 66.2. The number of rotatable bonds is 18. The van der Waals surface area contributed by atoms with Gasteiger partial charge in [0, 0.05) is 101 Å². The molecule has 0 radical (unpaired) electrons. The van der Waals surface area contributed by atoms with Gasteiger partial charge in [0.15, 0.2) is 5.69 Å². The Balaban J connectivity index is 0.000000274. The van der Waals surface area contributed by atoms with Crippen LogP contribution in [0.5, 0.6) is 0 Å². The standard InChI is InChI=1S/C34H39Cl2N5O3.C33H35Cl2N5O4.C4H8O.CH3.BrH.Mg/c1-23-20-25(24-8-5-9-26(21-24)37-33(42)44-19-7-14-40-17-15-39(4)16-18-40)12-13-27(23)30-22-31(34(2,3)43)38-41(30)32-28(35)10-6-11-29(32)36;1-22-19-24(23-7-4-8-25(20-23)36-33(42)44-18-6-13-39-16-14-38(2)15-17-39)11-12-26(22)30-21-29(32(41)43-3)37-40(30)31-27(34)9-5-10-28(31)35;1-2-4-5-3-1;;;/h5-6,8-13,20-22,43H,7,14-19H2,1-4H3,(H,37,42);4-5,7-12,19-21H,6,13-18H2,1-3H3,(H,36,42);1-4H2;1H3;1H;/q;;;-1;;+2/p-1. The summed E-state index contributed by atoms with van der Waals surface area (Å²) < 4.78 is 24.0. The second kappa shape index (κ2) is 37.8. The summed E-state index contributed by atoms with van der Waals surface area (Å²) in [5.74, 6) is -0.569. The van der Waals surface area contributed by atoms with Crippen molar-refractivity contribution in [2.75, 3.05) is 124 Å². The fraction of sp³-hybridized carbons (Fsp3) is 0.361. The Morgan fingerprint density at radius 3 is 1.34 bits per heavy atom. The van der Waals surface area contributed by atoms with Gasteiger partial charge in [-0.1, -0.05) is 119 Å². The Hall–Kier alpha value is -6.08. The number of aromatic nitrogens is 4. The van der Waals surface area contributed by atoms with Gasteiger partial charge in [-0.3, -0.25) is 10.6 Å². The number of hydrogen-bond donors (Lipinski definition) is 3. The van der Waals surface area contributed by atoms with E-state index in [1.54, 1.807) is 65.7 Å². The van der Waals surface area contributed by atoms with Crippen molar-refractivity contribution in [3.63, 3.8) is 0 Å². The van der Waals surface area contributed by atoms with Crippen LogP contribution in [-0.2, 0) is 24.5 Å². The number of benzene rings is 6. The molecule has 0 atom stereocenters. The van der Waals surface area contributed by atoms with E-state index in [9.17, 15) is 19.5 Å². The maximum atomic E-state index is 12.5. The first-order valence-corrected chi connectivity index (χ1v) is 32.8. The molecule has 3 saturated heterocycles. The first-order chi connectivity index (χ1) is 44.7. The van der Waals surface area contributed by atoms with Crippen molar-refractivity contribution >= 4 is 99.0 Å². The van der Waals surface area contributed by atoms with Crippen LogP contribution in [0.1, 0.15) is 66.8 Å². The van der Waals surface area contributed by atoms with Crippen molar-refractivity contribution < 1.29 is 55.4 Å². The number of anilines is 2. The number of esters is 1. The second-order valence-electron chi connectivity index (χ2n) is 23.9. The number of piperazine rings is 2. The predicted molar refractivity (Wildman–Crippen MR) is 384 cm³/mol. The molecule has 2 aromatic heterocycles. The van der Waals surface area contributed by atoms with Crippen LogP contribution in [-0.4, -0.2) is 199 Å². The Kier molecular flexibility index (Phi) is 31.0. The third kappa shape index (κ3) is 21.7. The van der Waals surface area contributed by atoms with Gasteiger partial charge in [-0.2, -0.15) is 10.2 Å². The molecular formula is C72H85BrCl4MgN10O8. The van der Waals surface area contributed by atoms with Gasteiger partial charge in [-0.05, 0) is 162 Å². The smallest absolute Gasteiger partial charge is 1.00 e. The Bertz CT molecular complexity index is 3820. The summed E-state index contributed by atoms with van der Waals surface area (Å²) in [7, 11) is 5.58. The molecule has 96 heavy (non-hydrogen) atoms. The molecule has 0 spiro atoms. The van der Waals surface area contributed by atoms with E-state index in [2.05, 4.69) is 55.5 Å². The number of halogens is 5. The van der Waals surface area contributed by atoms with Gasteiger partial charge in [-0.25, -0.2) is 23.7 Å². The molecule has 6 aromatic carbocycles. The Morgan fingerprint density at radius 2 is 0.958 bits per heavy atom. The second-order valence-corrected chi connectivity index (χ2v) is 25.5. The van der Waals surface area contributed by atoms with Gasteiger partial charge in [0.2, 0.25) is 0 Å². The molecule has 3 N–H and O–H groups in total. The molecule has 3 fully saturated rings. The number of carbonyl (C=O) groups is 3. The zero-order valence-corrected chi connectivity index (χ0v) is 61.9. The zero-order valence-electron chi connectivity index (χ0n) is 55.9. The average Bonchev–Trinajstić information content (AvgIpc) is 1.60. The summed E-state index contributed by atoms with van der Waals surface area (Å²) in [6.45, 7) is 20.5. The number of aliphatic hydroxyl groups is 1. The van der Waals surface area contributed by atoms with E-state index in [-0.39, 0.29) is 53.2 Å². The molecular weight excluding hydrogens is 1380 g/mol. The van der Waals surface area contributed by atoms with Gasteiger partial charge in [0.25, 0.3) is 0 Å². The van der Waals surface area contributed by atoms with Crippen molar-refractivity contribution in [1.82, 2.24) is 39.2 Å². The monoisotopic (exact) mass is 1460 g/mol. The van der Waals surface area contributed by atoms with E-state index >= 15 is 0 Å². The third-order valence-corrected chi connectivity index (χ3v) is 17.6. The summed E-state index contributed by atoms with van der Waals surface area (Å²) in [6, 6.07) is 41.4. The molecule has 5 heterocycles. The minimum atomic E-state index is -1.17. The Labute approximate surface area is 611 Å². The minimum absolute atomic E-state index is 0. The van der Waals surface area contributed by atoms with Crippen LogP contribution >= 0.6 is 46.4 Å². The summed E-state index contributed by atoms with van der Waals surface area (Å²) in [6.07, 6.45) is 3.23. The van der Waals surface area contributed by atoms with Crippen LogP contribution in [0.15, 0.2) is 133 Å². The van der Waals surface area contributed by atoms with Crippen molar-refractivity contribution in [3.05, 3.63) is 183 Å². The molecule has 2 amide bonds. The number of methoxy groups -OCH3 is 1. The van der Waals surface area contributed by atoms with E-state index < -0.39 is 23.8 Å². The first-order valence-electron chi connectivity index (χ1n) is 31.3. The van der Waals surface area contributed by atoms with Crippen molar-refractivity contribution in [3.8, 4) is 56.1 Å². The van der Waals surface area contributed by atoms with E-state index in [1.807, 2.05) is 98.8 Å². The fourth-order valence-electron chi connectivity index (χ4n) is 11.1. The van der Waals surface area contributed by atoms with Gasteiger partial charge >= 0.3 is 41.2 Å². The summed E-state index contributed by atoms with van der Waals surface area (Å²) >= 11 is 26.2. The molecule has 0 aliphatic carbocycles. The number of carbonyl (C=O) groups excluding carboxylic acids is 3. The summed E-state index contributed by atoms with van der Waals surface area (Å²) in [4.78, 5) is 46.8. The maximum Gasteiger partial charge on any atom is 2.00 e. The summed E-state index contributed by atoms with van der Waals surface area (Å²) in [5.41, 5.74) is 10.7. The molecule has 0 bridgehead atoms. The number of ether oxygens (including phenoxy) is 4. The number of aryl methyl sites for hydroxylation is 2. The third-order valence-electron chi connectivity index (χ3n) is 16.4. The number of para-hydroxylation sites is 2. The van der Waals surface area contributed by atoms with E-state index in [0.29, 0.717) is 67.4 Å². The number of amides is 2. The maximum absolute atomic E-state index is 12.5. The first kappa shape index (κ1) is 78.9. The molecule has 508 valence electrons. The number of hydrogen-bond acceptors (Lipinski definition) is 14. The quantitative estimate of drug-likeness (QED) is 0.0243. The van der Waals surface area contributed by atoms with Crippen LogP contribution in [0.3, 0.4) is 0 Å². The molecule has 0 saturated carbocycles. The fourth-order valence-corrected chi connectivity index (χ4v) is 12.2. The number of nitrogens with zero attached hydrogens (tertiary/aromatic N) is 8. The molecule has 3 aliphatic heterocycles. The van der Waals surface area contributed by atoms with Gasteiger partial charge in [0.05, 0.1) is 57.5 Å². The average molecular weight is 1460 g/mol. The molecule has 18 nitrogen and oxygen atoms in total. The van der Waals surface area contributed by atoms with Crippen LogP contribution in [0.4, 0.5) is 21.0 Å². The number of likely N-dealkylation sites (N-methyl/N-ethyl adjacent to an activating group) is 2. The van der Waals surface area contributed by atoms with Crippen LogP contribution in [0, 0.1) is 21.3 Å². The largest absolute Gasteiger partial charge is 2.00 e. The van der Waals surface area contributed by atoms with Crippen LogP contribution in [0.25, 0.3) is 56.1 Å². The van der Waals surface area contributed by atoms with E-state index in [0.717, 1.165) is 142 Å². The normalized spacial score (nSPS) is 14.3.